The maximum Gasteiger partial charge on any atom is 0.360 e. The Kier molecular flexibility index (Phi) is 23.5. The lowest BCUT2D eigenvalue weighted by atomic mass is 10.2. The number of carboxylic acid groups (broad SMARTS) is 2. The fraction of sp³-hybridized carbons (Fsp3) is 0.638. The number of hydrogen-bond acceptors (Lipinski definition) is 30. The molecule has 0 radical (unpaired) electrons. The van der Waals surface area contributed by atoms with Crippen molar-refractivity contribution in [1.29, 1.82) is 0 Å². The minimum absolute atomic E-state index is 0.0580. The molecular weight excluding hydrogens is 1320 g/mol. The topological polar surface area (TPSA) is 530 Å². The third-order valence-electron chi connectivity index (χ3n) is 11.9. The van der Waals surface area contributed by atoms with Crippen LogP contribution in [0.1, 0.15) is 93.9 Å². The number of carbonyl (C=O) groups is 9. The lowest BCUT2D eigenvalue weighted by Crippen LogP contribution is -2.39. The van der Waals surface area contributed by atoms with Crippen molar-refractivity contribution in [3.63, 3.8) is 0 Å². The minimum Gasteiger partial charge on any atom is -0.480 e. The Balaban J connectivity index is 0.000000218. The van der Waals surface area contributed by atoms with Crippen LogP contribution in [-0.4, -0.2) is 236 Å². The summed E-state index contributed by atoms with van der Waals surface area (Å²) in [5.41, 5.74) is 15.2. The number of hydrogen-bond donors (Lipinski definition) is 8. The number of esters is 2. The Morgan fingerprint density at radius 2 is 0.876 bits per heavy atom. The quantitative estimate of drug-likeness (QED) is 0.0519. The molecule has 3 aliphatic carbocycles. The number of ether oxygens (including phenoxy) is 2. The molecule has 5 amide bonds. The van der Waals surface area contributed by atoms with Gasteiger partial charge < -0.3 is 41.8 Å². The molecule has 12 N–H and O–H groups in total. The predicted molar refractivity (Wildman–Crippen MR) is 329 cm³/mol. The van der Waals surface area contributed by atoms with Crippen LogP contribution >= 0.6 is 46.9 Å². The molecule has 0 aromatic carbocycles. The number of aliphatic imine (C=N–C) groups is 3. The fourth-order valence-corrected chi connectivity index (χ4v) is 14.6. The molecule has 0 aromatic heterocycles. The lowest BCUT2D eigenvalue weighted by molar-refractivity contribution is -0.157. The van der Waals surface area contributed by atoms with Crippen LogP contribution in [-0.2, 0) is 82.7 Å². The highest BCUT2D eigenvalue weighted by Gasteiger charge is 2.51. The summed E-state index contributed by atoms with van der Waals surface area (Å²) in [7, 11) is -6.74. The van der Waals surface area contributed by atoms with Gasteiger partial charge in [0.2, 0.25) is 30.1 Å². The Morgan fingerprint density at radius 1 is 0.573 bits per heavy atom. The number of nitrogens with zero attached hydrogens (tertiary/aromatic N) is 10. The fourth-order valence-electron chi connectivity index (χ4n) is 7.78. The van der Waals surface area contributed by atoms with E-state index in [-0.39, 0.29) is 50.6 Å². The number of aliphatic carboxylic acids is 2. The van der Waals surface area contributed by atoms with Crippen LogP contribution in [0.25, 0.3) is 0 Å². The first-order chi connectivity index (χ1) is 40.8. The highest BCUT2D eigenvalue weighted by Crippen LogP contribution is 2.39. The summed E-state index contributed by atoms with van der Waals surface area (Å²) in [6, 6.07) is -2.55. The monoisotopic (exact) mass is 1390 g/mol. The second-order valence-electron chi connectivity index (χ2n) is 22.7. The van der Waals surface area contributed by atoms with E-state index < -0.39 is 146 Å². The maximum atomic E-state index is 12.3. The van der Waals surface area contributed by atoms with Crippen LogP contribution in [0.15, 0.2) is 41.0 Å². The summed E-state index contributed by atoms with van der Waals surface area (Å²) in [4.78, 5) is 119. The number of carbonyl (C=O) groups excluding carboxylic acids is 7. The molecule has 0 aromatic rings. The molecule has 42 heteroatoms. The first-order valence-corrected chi connectivity index (χ1v) is 34.2. The average molecular weight is 1390 g/mol. The molecule has 3 saturated carbocycles. The lowest BCUT2D eigenvalue weighted by Gasteiger charge is -2.24. The molecule has 89 heavy (non-hydrogen) atoms. The van der Waals surface area contributed by atoms with Gasteiger partial charge in [-0.15, -0.1) is 0 Å². The van der Waals surface area contributed by atoms with Gasteiger partial charge in [-0.25, -0.2) is 44.6 Å². The molecule has 9 aliphatic rings. The maximum absolute atomic E-state index is 12.3. The number of fused-ring (bicyclic) bond motifs is 3. The van der Waals surface area contributed by atoms with Gasteiger partial charge in [0.05, 0.1) is 15.7 Å². The van der Waals surface area contributed by atoms with E-state index >= 15 is 0 Å². The van der Waals surface area contributed by atoms with Crippen molar-refractivity contribution < 1.29 is 88.1 Å². The van der Waals surface area contributed by atoms with Crippen molar-refractivity contribution in [1.82, 2.24) is 29.4 Å². The molecule has 35 nitrogen and oxygen atoms in total. The summed E-state index contributed by atoms with van der Waals surface area (Å²) in [6.45, 7) is 13.3. The van der Waals surface area contributed by atoms with Crippen molar-refractivity contribution in [3.05, 3.63) is 10.7 Å². The van der Waals surface area contributed by atoms with E-state index in [4.69, 9.17) is 53.6 Å². The van der Waals surface area contributed by atoms with Crippen LogP contribution in [0.5, 0.6) is 0 Å². The number of rotatable bonds is 18. The zero-order chi connectivity index (χ0) is 67.4. The molecule has 3 fully saturated rings. The second-order valence-corrected chi connectivity index (χ2v) is 32.1. The van der Waals surface area contributed by atoms with Gasteiger partial charge in [0.15, 0.2) is 32.3 Å². The van der Waals surface area contributed by atoms with Gasteiger partial charge in [0.1, 0.15) is 70.2 Å². The smallest absolute Gasteiger partial charge is 0.360 e. The standard InChI is InChI=1S/C15H21N5O6S2.C12H16N4O5S.C11H13N5O6S2.C6H12ClN.C3H7NO2S/c1-15(2,3)26-8(21)6-20-14-10(9(18-20)11(16)22)17-13(27-14)12(23)19-28(24,25)7-4-5-7;1-12(2,3)21-5(17)4-16-10-7(6(15-16)8(13)18)14-9(22-10)11(19)20;12-8(19)6-7-11(16(14-6)3-5(17)18)23-10(13-7)9(20)15-24(21,22)4-1-2-4;1-5(2)6(7)8(3)4;4-7(5,6)3-1-2-3/h7,10,14H,4-6H2,1-3H3,(H2,16,22)(H,19,23);7,10H,4H2,1-3H3,(H2,13,18)(H,19,20);4,7,11H,1-3H2,(H2,12,19)(H,15,20)(H,17,18);1-4H3;3H,1-2H2,(H2,4,5,6). The first kappa shape index (κ1) is 73.1. The van der Waals surface area contributed by atoms with Crippen molar-refractivity contribution in [2.45, 2.75) is 155 Å². The number of hydrazone groups is 3. The van der Waals surface area contributed by atoms with Crippen LogP contribution in [0.3, 0.4) is 0 Å². The van der Waals surface area contributed by atoms with E-state index in [1.807, 2.05) is 42.3 Å². The average Bonchev–Trinajstić information content (AvgIpc) is 1.66. The summed E-state index contributed by atoms with van der Waals surface area (Å²) in [6.07, 6.45) is 3.54. The SMILES string of the molecule is CC(C)(C)OC(=O)CN1N=C(C(N)=O)C2N=C(C(=O)NS(=O)(=O)C3CC3)SC21.CC(C)(C)OC(=O)CN1N=C(C(N)=O)C2N=C(C(=O)O)SC21.CC(C)=C(Cl)N(C)C.NC(=O)C1=NN(CC(=O)O)C2SC(C(=O)NS(=O)(=O)C3CC3)=NC12.NS(=O)(=O)C1CC1. The Hall–Kier alpha value is -6.66. The third kappa shape index (κ3) is 20.9. The molecule has 0 spiro atoms. The number of carboxylic acids is 2. The number of sulfonamides is 3. The van der Waals surface area contributed by atoms with Crippen molar-refractivity contribution in [2.75, 3.05) is 33.7 Å². The largest absolute Gasteiger partial charge is 0.480 e. The van der Waals surface area contributed by atoms with E-state index in [0.29, 0.717) is 25.7 Å². The second kappa shape index (κ2) is 28.7. The summed E-state index contributed by atoms with van der Waals surface area (Å²) >= 11 is 8.45. The molecule has 0 saturated heterocycles. The molecular formula is C47H69ClN16O19S6. The Bertz CT molecular complexity index is 3480. The number of amides is 5. The van der Waals surface area contributed by atoms with Crippen LogP contribution in [0.4, 0.5) is 0 Å². The van der Waals surface area contributed by atoms with Gasteiger partial charge in [0.25, 0.3) is 29.5 Å². The van der Waals surface area contributed by atoms with Crippen LogP contribution in [0, 0.1) is 0 Å². The molecule has 494 valence electrons. The highest BCUT2D eigenvalue weighted by atomic mass is 35.5. The van der Waals surface area contributed by atoms with E-state index in [1.54, 1.807) is 41.5 Å². The Morgan fingerprint density at radius 3 is 1.10 bits per heavy atom. The summed E-state index contributed by atoms with van der Waals surface area (Å²) in [5, 5.41) is 35.2. The van der Waals surface area contributed by atoms with Crippen LogP contribution in [0.2, 0.25) is 0 Å². The minimum atomic E-state index is -3.73. The number of nitrogens with one attached hydrogen (secondary N) is 2. The van der Waals surface area contributed by atoms with Gasteiger partial charge in [0, 0.05) is 14.1 Å². The molecule has 0 bridgehead atoms. The van der Waals surface area contributed by atoms with Gasteiger partial charge >= 0.3 is 23.9 Å². The van der Waals surface area contributed by atoms with Crippen molar-refractivity contribution in [2.24, 2.45) is 52.6 Å². The number of thioether (sulfide) groups is 3. The summed E-state index contributed by atoms with van der Waals surface area (Å²) in [5.74, 6) is -7.77. The molecule has 9 rings (SSSR count). The molecule has 6 aliphatic heterocycles. The molecule has 6 heterocycles. The van der Waals surface area contributed by atoms with E-state index in [9.17, 15) is 68.4 Å². The number of primary sulfonamides is 1. The first-order valence-electron chi connectivity index (χ1n) is 26.5. The van der Waals surface area contributed by atoms with Crippen molar-refractivity contribution in [3.8, 4) is 0 Å². The third-order valence-corrected chi connectivity index (χ3v) is 21.5. The van der Waals surface area contributed by atoms with E-state index in [1.165, 1.54) is 10.0 Å². The predicted octanol–water partition coefficient (Wildman–Crippen LogP) is -2.51. The number of allylic oxidation sites excluding steroid dienone is 1. The Labute approximate surface area is 529 Å². The number of halogens is 1. The van der Waals surface area contributed by atoms with Gasteiger partial charge in [-0.2, -0.15) is 15.3 Å². The van der Waals surface area contributed by atoms with Gasteiger partial charge in [-0.3, -0.25) is 68.4 Å². The molecule has 6 atom stereocenters. The van der Waals surface area contributed by atoms with Crippen molar-refractivity contribution >= 4 is 163 Å². The molecule has 6 unspecified atom stereocenters. The zero-order valence-electron chi connectivity index (χ0n) is 49.5. The van der Waals surface area contributed by atoms with E-state index in [2.05, 4.69) is 30.3 Å². The van der Waals surface area contributed by atoms with Gasteiger partial charge in [-0.05, 0) is 99.5 Å². The van der Waals surface area contributed by atoms with E-state index in [0.717, 1.165) is 63.9 Å². The summed E-state index contributed by atoms with van der Waals surface area (Å²) < 4.78 is 82.2. The normalized spacial score (nSPS) is 23.0. The van der Waals surface area contributed by atoms with Gasteiger partial charge in [-0.1, -0.05) is 46.9 Å². The highest BCUT2D eigenvalue weighted by molar-refractivity contribution is 8.17. The number of primary amides is 3. The number of nitrogens with two attached hydrogens (primary N) is 4. The zero-order valence-corrected chi connectivity index (χ0v) is 55.2. The van der Waals surface area contributed by atoms with Crippen LogP contribution < -0.4 is 31.8 Å².